The minimum Gasteiger partial charge on any atom is -0.479 e. The number of rotatable bonds is 3. The van der Waals surface area contributed by atoms with E-state index in [1.807, 2.05) is 0 Å². The summed E-state index contributed by atoms with van der Waals surface area (Å²) in [6.45, 7) is 0. The summed E-state index contributed by atoms with van der Waals surface area (Å²) in [7, 11) is 2.97. The van der Waals surface area contributed by atoms with Crippen molar-refractivity contribution in [3.05, 3.63) is 12.2 Å². The summed E-state index contributed by atoms with van der Waals surface area (Å²) in [5.41, 5.74) is 0. The maximum atomic E-state index is 10.6. The van der Waals surface area contributed by atoms with Gasteiger partial charge in [-0.05, 0) is 0 Å². The van der Waals surface area contributed by atoms with Gasteiger partial charge in [0.25, 0.3) is 0 Å². The molecule has 1 rings (SSSR count). The predicted octanol–water partition coefficient (Wildman–Crippen LogP) is -0.413. The maximum absolute atomic E-state index is 10.6. The van der Waals surface area contributed by atoms with Gasteiger partial charge >= 0.3 is 5.97 Å². The molecule has 0 saturated carbocycles. The predicted molar refractivity (Wildman–Crippen MR) is 38.4 cm³/mol. The van der Waals surface area contributed by atoms with Crippen LogP contribution >= 0.6 is 0 Å². The van der Waals surface area contributed by atoms with Crippen LogP contribution < -0.4 is 0 Å². The monoisotopic (exact) mass is 171 g/mol. The molecule has 0 amide bonds. The van der Waals surface area contributed by atoms with Crippen molar-refractivity contribution in [3.63, 3.8) is 0 Å². The van der Waals surface area contributed by atoms with Crippen LogP contribution in [0.4, 0.5) is 0 Å². The van der Waals surface area contributed by atoms with E-state index in [0.717, 1.165) is 0 Å². The minimum atomic E-state index is -1.08. The van der Waals surface area contributed by atoms with Crippen LogP contribution in [0, 0.1) is 0 Å². The number of hydrogen-bond acceptors (Lipinski definition) is 4. The van der Waals surface area contributed by atoms with Crippen molar-refractivity contribution in [1.29, 1.82) is 0 Å². The van der Waals surface area contributed by atoms with Crippen LogP contribution in [0.2, 0.25) is 0 Å². The Morgan fingerprint density at radius 2 is 2.50 bits per heavy atom. The number of ether oxygens (including phenoxy) is 1. The van der Waals surface area contributed by atoms with Gasteiger partial charge in [0.15, 0.2) is 5.82 Å². The molecule has 1 aromatic rings. The van der Waals surface area contributed by atoms with Crippen molar-refractivity contribution in [1.82, 2.24) is 14.8 Å². The number of aromatic nitrogens is 3. The van der Waals surface area contributed by atoms with Crippen molar-refractivity contribution >= 4 is 5.97 Å². The number of nitrogens with zero attached hydrogens (tertiary/aromatic N) is 3. The van der Waals surface area contributed by atoms with Crippen LogP contribution in [0.5, 0.6) is 0 Å². The van der Waals surface area contributed by atoms with Crippen molar-refractivity contribution in [2.45, 2.75) is 6.10 Å². The molecule has 0 bridgehead atoms. The smallest absolute Gasteiger partial charge is 0.340 e. The zero-order chi connectivity index (χ0) is 9.14. The first kappa shape index (κ1) is 8.66. The molecule has 66 valence electrons. The first-order valence-electron chi connectivity index (χ1n) is 3.26. The van der Waals surface area contributed by atoms with Gasteiger partial charge < -0.3 is 14.4 Å². The van der Waals surface area contributed by atoms with E-state index >= 15 is 0 Å². The van der Waals surface area contributed by atoms with Gasteiger partial charge in [-0.25, -0.2) is 4.79 Å². The van der Waals surface area contributed by atoms with E-state index in [2.05, 4.69) is 10.2 Å². The van der Waals surface area contributed by atoms with Gasteiger partial charge in [0.2, 0.25) is 6.10 Å². The van der Waals surface area contributed by atoms with Crippen LogP contribution in [0.1, 0.15) is 11.9 Å². The molecule has 0 radical (unpaired) electrons. The number of hydrogen-bond donors (Lipinski definition) is 1. The lowest BCUT2D eigenvalue weighted by molar-refractivity contribution is -0.149. The Hall–Kier alpha value is -1.43. The fourth-order valence-electron chi connectivity index (χ4n) is 0.846. The Balaban J connectivity index is 2.94. The van der Waals surface area contributed by atoms with Gasteiger partial charge in [0.1, 0.15) is 6.33 Å². The van der Waals surface area contributed by atoms with Crippen LogP contribution in [0.3, 0.4) is 0 Å². The van der Waals surface area contributed by atoms with Crippen LogP contribution in [0.25, 0.3) is 0 Å². The number of carbonyl (C=O) groups is 1. The largest absolute Gasteiger partial charge is 0.479 e. The molecular weight excluding hydrogens is 162 g/mol. The first-order chi connectivity index (χ1) is 5.66. The molecule has 0 aliphatic rings. The molecule has 12 heavy (non-hydrogen) atoms. The highest BCUT2D eigenvalue weighted by atomic mass is 16.5. The Kier molecular flexibility index (Phi) is 2.39. The average molecular weight is 171 g/mol. The lowest BCUT2D eigenvalue weighted by Gasteiger charge is -2.07. The summed E-state index contributed by atoms with van der Waals surface area (Å²) in [5, 5.41) is 15.8. The van der Waals surface area contributed by atoms with Crippen LogP contribution in [0.15, 0.2) is 6.33 Å². The van der Waals surface area contributed by atoms with Crippen LogP contribution in [-0.2, 0) is 16.6 Å². The SMILES string of the molecule is COC(C(=O)O)c1nncn1C. The Labute approximate surface area is 68.8 Å². The third-order valence-electron chi connectivity index (χ3n) is 1.44. The van der Waals surface area contributed by atoms with Gasteiger partial charge in [0.05, 0.1) is 0 Å². The second kappa shape index (κ2) is 3.31. The Bertz CT molecular complexity index is 283. The van der Waals surface area contributed by atoms with E-state index in [0.29, 0.717) is 0 Å². The van der Waals surface area contributed by atoms with E-state index in [-0.39, 0.29) is 5.82 Å². The van der Waals surface area contributed by atoms with Crippen molar-refractivity contribution in [3.8, 4) is 0 Å². The highest BCUT2D eigenvalue weighted by molar-refractivity contribution is 5.73. The molecule has 6 heteroatoms. The topological polar surface area (TPSA) is 77.2 Å². The Morgan fingerprint density at radius 3 is 2.83 bits per heavy atom. The molecular formula is C6H9N3O3. The summed E-state index contributed by atoms with van der Waals surface area (Å²) in [6.07, 6.45) is 0.377. The number of carboxylic acid groups (broad SMARTS) is 1. The van der Waals surface area contributed by atoms with E-state index in [4.69, 9.17) is 9.84 Å². The average Bonchev–Trinajstić information content (AvgIpc) is 2.38. The third kappa shape index (κ3) is 1.42. The molecule has 0 saturated heterocycles. The standard InChI is InChI=1S/C6H9N3O3/c1-9-3-7-8-5(9)4(12-2)6(10)11/h3-4H,1-2H3,(H,10,11). The highest BCUT2D eigenvalue weighted by Crippen LogP contribution is 2.12. The summed E-state index contributed by atoms with van der Waals surface area (Å²) < 4.78 is 6.22. The molecule has 1 aromatic heterocycles. The number of methoxy groups -OCH3 is 1. The van der Waals surface area contributed by atoms with Gasteiger partial charge in [0, 0.05) is 14.2 Å². The minimum absolute atomic E-state index is 0.282. The lowest BCUT2D eigenvalue weighted by atomic mass is 10.3. The van der Waals surface area contributed by atoms with E-state index in [9.17, 15) is 4.79 Å². The van der Waals surface area contributed by atoms with Crippen LogP contribution in [-0.4, -0.2) is 33.0 Å². The zero-order valence-electron chi connectivity index (χ0n) is 6.76. The summed E-state index contributed by atoms with van der Waals surface area (Å²) in [5.74, 6) is -0.793. The highest BCUT2D eigenvalue weighted by Gasteiger charge is 2.23. The molecule has 0 aliphatic carbocycles. The van der Waals surface area contributed by atoms with Gasteiger partial charge in [-0.3, -0.25) is 0 Å². The zero-order valence-corrected chi connectivity index (χ0v) is 6.76. The van der Waals surface area contributed by atoms with Gasteiger partial charge in [-0.1, -0.05) is 0 Å². The second-order valence-corrected chi connectivity index (χ2v) is 2.25. The number of aliphatic carboxylic acids is 1. The molecule has 0 spiro atoms. The van der Waals surface area contributed by atoms with E-state index < -0.39 is 12.1 Å². The fraction of sp³-hybridized carbons (Fsp3) is 0.500. The molecule has 0 aromatic carbocycles. The van der Waals surface area contributed by atoms with Gasteiger partial charge in [-0.2, -0.15) is 0 Å². The summed E-state index contributed by atoms with van der Waals surface area (Å²) in [4.78, 5) is 10.6. The maximum Gasteiger partial charge on any atom is 0.340 e. The molecule has 1 atom stereocenters. The normalized spacial score (nSPS) is 12.8. The van der Waals surface area contributed by atoms with E-state index in [1.165, 1.54) is 18.0 Å². The Morgan fingerprint density at radius 1 is 1.83 bits per heavy atom. The number of carboxylic acids is 1. The molecule has 0 aliphatic heterocycles. The van der Waals surface area contributed by atoms with Crippen molar-refractivity contribution in [2.75, 3.05) is 7.11 Å². The molecule has 6 nitrogen and oxygen atoms in total. The molecule has 1 heterocycles. The molecule has 1 N–H and O–H groups in total. The molecule has 1 unspecified atom stereocenters. The van der Waals surface area contributed by atoms with Crippen molar-refractivity contribution in [2.24, 2.45) is 7.05 Å². The quantitative estimate of drug-likeness (QED) is 0.668. The lowest BCUT2D eigenvalue weighted by Crippen LogP contribution is -2.17. The summed E-state index contributed by atoms with van der Waals surface area (Å²) >= 11 is 0. The molecule has 0 fully saturated rings. The first-order valence-corrected chi connectivity index (χ1v) is 3.26. The third-order valence-corrected chi connectivity index (χ3v) is 1.44. The summed E-state index contributed by atoms with van der Waals surface area (Å²) in [6, 6.07) is 0. The van der Waals surface area contributed by atoms with Crippen molar-refractivity contribution < 1.29 is 14.6 Å². The fourth-order valence-corrected chi connectivity index (χ4v) is 0.846. The number of aryl methyl sites for hydroxylation is 1. The van der Waals surface area contributed by atoms with Gasteiger partial charge in [-0.15, -0.1) is 10.2 Å². The van der Waals surface area contributed by atoms with E-state index in [1.54, 1.807) is 7.05 Å². The second-order valence-electron chi connectivity index (χ2n) is 2.25.